The molecule has 3 nitrogen and oxygen atoms in total. The van der Waals surface area contributed by atoms with Crippen LogP contribution in [0.15, 0.2) is 18.2 Å². The lowest BCUT2D eigenvalue weighted by Crippen LogP contribution is -2.29. The lowest BCUT2D eigenvalue weighted by Gasteiger charge is -2.26. The number of nitrogens with two attached hydrogens (primary N) is 1. The summed E-state index contributed by atoms with van der Waals surface area (Å²) in [5.74, 6) is 0.770. The van der Waals surface area contributed by atoms with Gasteiger partial charge in [-0.2, -0.15) is 0 Å². The van der Waals surface area contributed by atoms with Gasteiger partial charge in [0.2, 0.25) is 0 Å². The number of nitrogens with one attached hydrogen (secondary N) is 2. The van der Waals surface area contributed by atoms with Gasteiger partial charge in [-0.15, -0.1) is 0 Å². The van der Waals surface area contributed by atoms with Crippen molar-refractivity contribution in [3.05, 3.63) is 29.3 Å². The van der Waals surface area contributed by atoms with E-state index in [1.165, 1.54) is 36.9 Å². The summed E-state index contributed by atoms with van der Waals surface area (Å²) >= 11 is 0. The normalized spacial score (nSPS) is 26.3. The van der Waals surface area contributed by atoms with Crippen LogP contribution in [0.25, 0.3) is 0 Å². The highest BCUT2D eigenvalue weighted by atomic mass is 14.9. The van der Waals surface area contributed by atoms with Gasteiger partial charge in [0.05, 0.1) is 0 Å². The minimum Gasteiger partial charge on any atom is -0.385 e. The van der Waals surface area contributed by atoms with Crippen molar-refractivity contribution in [2.45, 2.75) is 44.6 Å². The topological polar surface area (TPSA) is 61.9 Å². The van der Waals surface area contributed by atoms with E-state index in [1.807, 2.05) is 0 Å². The van der Waals surface area contributed by atoms with Gasteiger partial charge in [0, 0.05) is 24.0 Å². The third kappa shape index (κ3) is 2.81. The second-order valence-electron chi connectivity index (χ2n) is 6.01. The van der Waals surface area contributed by atoms with Crippen LogP contribution in [-0.2, 0) is 6.42 Å². The minimum atomic E-state index is 0.433. The Morgan fingerprint density at radius 1 is 1.16 bits per heavy atom. The van der Waals surface area contributed by atoms with Crippen LogP contribution >= 0.6 is 0 Å². The van der Waals surface area contributed by atoms with E-state index in [9.17, 15) is 0 Å². The maximum atomic E-state index is 7.85. The summed E-state index contributed by atoms with van der Waals surface area (Å²) in [6.45, 7) is 1.06. The smallest absolute Gasteiger partial charge is 0.0392 e. The van der Waals surface area contributed by atoms with Crippen molar-refractivity contribution in [2.24, 2.45) is 11.7 Å². The molecule has 0 saturated heterocycles. The first-order chi connectivity index (χ1) is 9.22. The zero-order chi connectivity index (χ0) is 13.2. The lowest BCUT2D eigenvalue weighted by molar-refractivity contribution is 0.339. The molecule has 102 valence electrons. The molecule has 3 heteroatoms. The average molecular weight is 257 g/mol. The Labute approximate surface area is 115 Å². The Bertz CT molecular complexity index is 473. The van der Waals surface area contributed by atoms with Gasteiger partial charge in [-0.3, -0.25) is 0 Å². The number of anilines is 1. The summed E-state index contributed by atoms with van der Waals surface area (Å²) < 4.78 is 0. The molecule has 0 amide bonds. The Kier molecular flexibility index (Phi) is 3.56. The molecule has 4 N–H and O–H groups in total. The van der Waals surface area contributed by atoms with E-state index in [1.54, 1.807) is 0 Å². The van der Waals surface area contributed by atoms with Gasteiger partial charge in [-0.1, -0.05) is 6.07 Å². The molecule has 0 bridgehead atoms. The molecule has 2 aliphatic carbocycles. The highest BCUT2D eigenvalue weighted by Gasteiger charge is 2.19. The molecule has 0 unspecified atom stereocenters. The van der Waals surface area contributed by atoms with E-state index in [2.05, 4.69) is 23.5 Å². The fourth-order valence-electron chi connectivity index (χ4n) is 3.25. The third-order valence-corrected chi connectivity index (χ3v) is 4.56. The number of fused-ring (bicyclic) bond motifs is 1. The minimum absolute atomic E-state index is 0.433. The molecule has 1 aromatic carbocycles. The van der Waals surface area contributed by atoms with Crippen LogP contribution in [0.3, 0.4) is 0 Å². The molecule has 19 heavy (non-hydrogen) atoms. The maximum Gasteiger partial charge on any atom is 0.0392 e. The molecule has 0 heterocycles. The predicted molar refractivity (Wildman–Crippen MR) is 80.0 cm³/mol. The summed E-state index contributed by atoms with van der Waals surface area (Å²) in [5.41, 5.74) is 10.4. The highest BCUT2D eigenvalue weighted by molar-refractivity contribution is 6.02. The van der Waals surface area contributed by atoms with E-state index in [0.29, 0.717) is 6.04 Å². The largest absolute Gasteiger partial charge is 0.385 e. The van der Waals surface area contributed by atoms with Gasteiger partial charge in [0.15, 0.2) is 0 Å². The van der Waals surface area contributed by atoms with E-state index in [4.69, 9.17) is 11.1 Å². The van der Waals surface area contributed by atoms with Crippen molar-refractivity contribution < 1.29 is 0 Å². The van der Waals surface area contributed by atoms with Crippen LogP contribution in [-0.4, -0.2) is 18.3 Å². The van der Waals surface area contributed by atoms with Gasteiger partial charge < -0.3 is 16.5 Å². The van der Waals surface area contributed by atoms with Crippen molar-refractivity contribution >= 4 is 11.4 Å². The molecule has 0 aliphatic heterocycles. The van der Waals surface area contributed by atoms with E-state index >= 15 is 0 Å². The average Bonchev–Trinajstić information content (AvgIpc) is 2.79. The third-order valence-electron chi connectivity index (χ3n) is 4.56. The second-order valence-corrected chi connectivity index (χ2v) is 6.01. The van der Waals surface area contributed by atoms with E-state index < -0.39 is 0 Å². The van der Waals surface area contributed by atoms with Crippen molar-refractivity contribution in [1.29, 1.82) is 5.41 Å². The Hall–Kier alpha value is -1.35. The number of hydrogen-bond acceptors (Lipinski definition) is 3. The Morgan fingerprint density at radius 3 is 2.74 bits per heavy atom. The van der Waals surface area contributed by atoms with Crippen LogP contribution in [0.5, 0.6) is 0 Å². The summed E-state index contributed by atoms with van der Waals surface area (Å²) in [7, 11) is 0. The number of rotatable bonds is 3. The van der Waals surface area contributed by atoms with Gasteiger partial charge in [0.25, 0.3) is 0 Å². The number of hydrogen-bond donors (Lipinski definition) is 3. The van der Waals surface area contributed by atoms with Crippen LogP contribution in [0, 0.1) is 11.3 Å². The van der Waals surface area contributed by atoms with E-state index in [-0.39, 0.29) is 0 Å². The summed E-state index contributed by atoms with van der Waals surface area (Å²) in [5, 5.41) is 11.4. The molecular weight excluding hydrogens is 234 g/mol. The first-order valence-corrected chi connectivity index (χ1v) is 7.42. The molecule has 1 saturated carbocycles. The maximum absolute atomic E-state index is 7.85. The quantitative estimate of drug-likeness (QED) is 0.779. The Balaban J connectivity index is 1.57. The van der Waals surface area contributed by atoms with Gasteiger partial charge in [-0.05, 0) is 67.7 Å². The molecule has 0 aromatic heterocycles. The predicted octanol–water partition coefficient (Wildman–Crippen LogP) is 2.93. The zero-order valence-electron chi connectivity index (χ0n) is 11.4. The molecule has 1 fully saturated rings. The molecule has 1 aromatic rings. The fraction of sp³-hybridized carbons (Fsp3) is 0.562. The van der Waals surface area contributed by atoms with Crippen molar-refractivity contribution in [1.82, 2.24) is 0 Å². The first kappa shape index (κ1) is 12.7. The van der Waals surface area contributed by atoms with Crippen molar-refractivity contribution in [3.63, 3.8) is 0 Å². The molecule has 2 aliphatic rings. The highest BCUT2D eigenvalue weighted by Crippen LogP contribution is 2.27. The summed E-state index contributed by atoms with van der Waals surface area (Å²) in [6.07, 6.45) is 6.79. The van der Waals surface area contributed by atoms with Crippen LogP contribution in [0.1, 0.15) is 43.2 Å². The summed E-state index contributed by atoms with van der Waals surface area (Å²) in [4.78, 5) is 0. The molecule has 0 spiro atoms. The van der Waals surface area contributed by atoms with Crippen LogP contribution < -0.4 is 11.1 Å². The zero-order valence-corrected chi connectivity index (χ0v) is 11.4. The molecule has 0 atom stereocenters. The first-order valence-electron chi connectivity index (χ1n) is 7.42. The van der Waals surface area contributed by atoms with Gasteiger partial charge in [-0.25, -0.2) is 0 Å². The Morgan fingerprint density at radius 2 is 1.95 bits per heavy atom. The van der Waals surface area contributed by atoms with Crippen molar-refractivity contribution in [2.75, 3.05) is 11.9 Å². The van der Waals surface area contributed by atoms with Gasteiger partial charge >= 0.3 is 0 Å². The van der Waals surface area contributed by atoms with Crippen LogP contribution in [0.4, 0.5) is 5.69 Å². The second kappa shape index (κ2) is 5.33. The van der Waals surface area contributed by atoms with E-state index in [0.717, 1.165) is 36.6 Å². The van der Waals surface area contributed by atoms with Crippen LogP contribution in [0.2, 0.25) is 0 Å². The summed E-state index contributed by atoms with van der Waals surface area (Å²) in [6, 6.07) is 6.88. The lowest BCUT2D eigenvalue weighted by atomic mass is 9.86. The standard InChI is InChI=1S/C16H23N3/c17-13-4-1-11(2-5-13)10-19-14-6-7-15-12(9-14)3-8-16(15)18/h6-7,9,11,13,18-19H,1-5,8,10,17H2. The SMILES string of the molecule is N=C1CCc2cc(NCC3CCC(N)CC3)ccc21. The van der Waals surface area contributed by atoms with Crippen molar-refractivity contribution in [3.8, 4) is 0 Å². The molecular formula is C16H23N3. The fourth-order valence-corrected chi connectivity index (χ4v) is 3.25. The molecule has 3 rings (SSSR count). The number of benzene rings is 1. The monoisotopic (exact) mass is 257 g/mol. The van der Waals surface area contributed by atoms with Gasteiger partial charge in [0.1, 0.15) is 0 Å². The number of aryl methyl sites for hydroxylation is 1. The molecule has 0 radical (unpaired) electrons.